The molecule has 4 rings (SSSR count). The van der Waals surface area contributed by atoms with Gasteiger partial charge in [0.2, 0.25) is 0 Å². The first-order chi connectivity index (χ1) is 16.3. The predicted octanol–water partition coefficient (Wildman–Crippen LogP) is 6.35. The number of esters is 1. The van der Waals surface area contributed by atoms with Crippen molar-refractivity contribution < 1.29 is 9.53 Å². The highest BCUT2D eigenvalue weighted by Crippen LogP contribution is 2.31. The van der Waals surface area contributed by atoms with Crippen LogP contribution in [-0.4, -0.2) is 38.7 Å². The molecule has 1 saturated heterocycles. The van der Waals surface area contributed by atoms with E-state index in [-0.39, 0.29) is 12.4 Å². The maximum absolute atomic E-state index is 12.8. The maximum atomic E-state index is 12.8. The minimum absolute atomic E-state index is 0.210. The molecule has 2 aromatic rings. The quantitative estimate of drug-likeness (QED) is 0.342. The van der Waals surface area contributed by atoms with Crippen molar-refractivity contribution in [3.05, 3.63) is 65.0 Å². The molecule has 1 aliphatic heterocycles. The normalized spacial score (nSPS) is 17.0. The van der Waals surface area contributed by atoms with Gasteiger partial charge in [-0.25, -0.2) is 4.31 Å². The molecule has 1 aromatic carbocycles. The van der Waals surface area contributed by atoms with Gasteiger partial charge < -0.3 is 4.74 Å². The van der Waals surface area contributed by atoms with Crippen LogP contribution in [0.5, 0.6) is 0 Å². The summed E-state index contributed by atoms with van der Waals surface area (Å²) in [6.45, 7) is 10.8. The smallest absolute Gasteiger partial charge is 0.310 e. The second-order valence-electron chi connectivity index (χ2n) is 10.2. The fourth-order valence-corrected chi connectivity index (χ4v) is 5.58. The number of benzene rings is 1. The SMILES string of the molecule is Cc1c(CC(=O)OC(C)(C)C)c(C2=CCCC=C2)nn1Cc1ccccc1SN1CCCCC1. The number of nitrogens with zero attached hydrogens (tertiary/aromatic N) is 3. The van der Waals surface area contributed by atoms with Crippen molar-refractivity contribution in [2.75, 3.05) is 13.1 Å². The number of rotatable bonds is 7. The third kappa shape index (κ3) is 6.42. The van der Waals surface area contributed by atoms with E-state index in [9.17, 15) is 4.79 Å². The van der Waals surface area contributed by atoms with Gasteiger partial charge in [0.15, 0.2) is 0 Å². The number of allylic oxidation sites excluding steroid dienone is 4. The molecule has 0 atom stereocenters. The van der Waals surface area contributed by atoms with Gasteiger partial charge in [0.05, 0.1) is 18.7 Å². The Morgan fingerprint density at radius 3 is 2.59 bits per heavy atom. The van der Waals surface area contributed by atoms with Crippen LogP contribution in [0.2, 0.25) is 0 Å². The Morgan fingerprint density at radius 2 is 1.88 bits per heavy atom. The Balaban J connectivity index is 1.62. The Morgan fingerprint density at radius 1 is 1.12 bits per heavy atom. The van der Waals surface area contributed by atoms with E-state index in [4.69, 9.17) is 9.84 Å². The summed E-state index contributed by atoms with van der Waals surface area (Å²) in [6, 6.07) is 8.62. The molecule has 182 valence electrons. The van der Waals surface area contributed by atoms with Gasteiger partial charge in [0.25, 0.3) is 0 Å². The Labute approximate surface area is 208 Å². The summed E-state index contributed by atoms with van der Waals surface area (Å²) in [5, 5.41) is 5.03. The topological polar surface area (TPSA) is 47.4 Å². The zero-order valence-electron chi connectivity index (χ0n) is 21.0. The molecule has 5 nitrogen and oxygen atoms in total. The highest BCUT2D eigenvalue weighted by molar-refractivity contribution is 7.97. The van der Waals surface area contributed by atoms with Crippen LogP contribution in [0.3, 0.4) is 0 Å². The monoisotopic (exact) mass is 479 g/mol. The van der Waals surface area contributed by atoms with E-state index in [2.05, 4.69) is 58.4 Å². The molecule has 6 heteroatoms. The van der Waals surface area contributed by atoms with Gasteiger partial charge in [-0.2, -0.15) is 5.10 Å². The van der Waals surface area contributed by atoms with Crippen molar-refractivity contribution in [3.8, 4) is 0 Å². The number of carbonyl (C=O) groups is 1. The van der Waals surface area contributed by atoms with Crippen molar-refractivity contribution in [2.24, 2.45) is 0 Å². The van der Waals surface area contributed by atoms with Crippen LogP contribution < -0.4 is 0 Å². The number of hydrogen-bond donors (Lipinski definition) is 0. The van der Waals surface area contributed by atoms with E-state index in [0.717, 1.165) is 48.5 Å². The molecule has 2 aliphatic rings. The van der Waals surface area contributed by atoms with Crippen LogP contribution in [-0.2, 0) is 22.5 Å². The Kier molecular flexibility index (Phi) is 7.99. The maximum Gasteiger partial charge on any atom is 0.310 e. The minimum atomic E-state index is -0.504. The number of aromatic nitrogens is 2. The lowest BCUT2D eigenvalue weighted by atomic mass is 9.99. The summed E-state index contributed by atoms with van der Waals surface area (Å²) >= 11 is 1.87. The molecule has 1 aromatic heterocycles. The lowest BCUT2D eigenvalue weighted by molar-refractivity contribution is -0.153. The number of ether oxygens (including phenoxy) is 1. The molecule has 0 unspecified atom stereocenters. The predicted molar refractivity (Wildman–Crippen MR) is 140 cm³/mol. The molecule has 0 amide bonds. The first kappa shape index (κ1) is 24.8. The number of piperidine rings is 1. The summed E-state index contributed by atoms with van der Waals surface area (Å²) in [5.74, 6) is -0.210. The van der Waals surface area contributed by atoms with Crippen molar-refractivity contribution >= 4 is 23.5 Å². The largest absolute Gasteiger partial charge is 0.460 e. The van der Waals surface area contributed by atoms with Gasteiger partial charge >= 0.3 is 5.97 Å². The zero-order chi connectivity index (χ0) is 24.1. The van der Waals surface area contributed by atoms with Crippen LogP contribution in [0.1, 0.15) is 75.4 Å². The molecule has 0 bridgehead atoms. The molecule has 0 saturated carbocycles. The van der Waals surface area contributed by atoms with Crippen LogP contribution >= 0.6 is 11.9 Å². The molecular weight excluding hydrogens is 442 g/mol. The van der Waals surface area contributed by atoms with Crippen LogP contribution in [0.15, 0.2) is 47.4 Å². The van der Waals surface area contributed by atoms with Crippen molar-refractivity contribution in [3.63, 3.8) is 0 Å². The lowest BCUT2D eigenvalue weighted by Crippen LogP contribution is -2.25. The molecule has 1 fully saturated rings. The second kappa shape index (κ2) is 11.0. The standard InChI is InChI=1S/C28H37N3O2S/c1-21-24(19-26(32)33-28(2,3)4)27(22-13-7-5-8-14-22)29-31(21)20-23-15-9-10-16-25(23)34-30-17-11-6-12-18-30/h7,9-10,13-16H,5-6,8,11-12,17-20H2,1-4H3. The molecule has 1 aliphatic carbocycles. The molecule has 0 N–H and O–H groups in total. The highest BCUT2D eigenvalue weighted by atomic mass is 32.2. The van der Waals surface area contributed by atoms with Crippen LogP contribution in [0.4, 0.5) is 0 Å². The van der Waals surface area contributed by atoms with Gasteiger partial charge in [-0.3, -0.25) is 9.48 Å². The first-order valence-electron chi connectivity index (χ1n) is 12.5. The van der Waals surface area contributed by atoms with Gasteiger partial charge in [0.1, 0.15) is 5.60 Å². The average Bonchev–Trinajstić information content (AvgIpc) is 3.10. The minimum Gasteiger partial charge on any atom is -0.460 e. The molecule has 0 radical (unpaired) electrons. The Bertz CT molecular complexity index is 1070. The second-order valence-corrected chi connectivity index (χ2v) is 11.3. The van der Waals surface area contributed by atoms with E-state index in [0.29, 0.717) is 6.54 Å². The third-order valence-electron chi connectivity index (χ3n) is 6.18. The highest BCUT2D eigenvalue weighted by Gasteiger charge is 2.24. The van der Waals surface area contributed by atoms with E-state index >= 15 is 0 Å². The third-order valence-corrected chi connectivity index (χ3v) is 7.39. The summed E-state index contributed by atoms with van der Waals surface area (Å²) in [4.78, 5) is 14.0. The average molecular weight is 480 g/mol. The summed E-state index contributed by atoms with van der Waals surface area (Å²) in [7, 11) is 0. The fraction of sp³-hybridized carbons (Fsp3) is 0.500. The molecule has 2 heterocycles. The molecular formula is C28H37N3O2S. The molecule has 0 spiro atoms. The van der Waals surface area contributed by atoms with Gasteiger partial charge in [-0.1, -0.05) is 42.8 Å². The number of hydrogen-bond acceptors (Lipinski definition) is 5. The zero-order valence-corrected chi connectivity index (χ0v) is 21.8. The van der Waals surface area contributed by atoms with Gasteiger partial charge in [-0.05, 0) is 82.5 Å². The van der Waals surface area contributed by atoms with Gasteiger partial charge in [-0.15, -0.1) is 0 Å². The number of carbonyl (C=O) groups excluding carboxylic acids is 1. The van der Waals surface area contributed by atoms with E-state index in [1.165, 1.54) is 29.7 Å². The summed E-state index contributed by atoms with van der Waals surface area (Å²) < 4.78 is 10.2. The summed E-state index contributed by atoms with van der Waals surface area (Å²) in [5.41, 5.74) is 4.75. The molecule has 34 heavy (non-hydrogen) atoms. The first-order valence-corrected chi connectivity index (χ1v) is 13.2. The summed E-state index contributed by atoms with van der Waals surface area (Å²) in [6.07, 6.45) is 12.7. The van der Waals surface area contributed by atoms with Crippen molar-refractivity contribution in [1.82, 2.24) is 14.1 Å². The fourth-order valence-electron chi connectivity index (χ4n) is 4.47. The van der Waals surface area contributed by atoms with Crippen molar-refractivity contribution in [1.29, 1.82) is 0 Å². The van der Waals surface area contributed by atoms with Crippen molar-refractivity contribution in [2.45, 2.75) is 83.3 Å². The lowest BCUT2D eigenvalue weighted by Gasteiger charge is -2.26. The van der Waals surface area contributed by atoms with E-state index < -0.39 is 5.60 Å². The van der Waals surface area contributed by atoms with E-state index in [1.54, 1.807) is 0 Å². The van der Waals surface area contributed by atoms with Crippen LogP contribution in [0.25, 0.3) is 5.57 Å². The van der Waals surface area contributed by atoms with E-state index in [1.807, 2.05) is 32.7 Å². The van der Waals surface area contributed by atoms with Crippen LogP contribution in [0, 0.1) is 6.92 Å². The van der Waals surface area contributed by atoms with Gasteiger partial charge in [0, 0.05) is 29.2 Å². The Hall–Kier alpha value is -2.31.